The number of ether oxygens (including phenoxy) is 5. The fourth-order valence-electron chi connectivity index (χ4n) is 4.83. The van der Waals surface area contributed by atoms with E-state index in [0.717, 1.165) is 50.6 Å². The topological polar surface area (TPSA) is 83.5 Å². The number of nitrogens with zero attached hydrogens (tertiary/aromatic N) is 1. The van der Waals surface area contributed by atoms with Crippen LogP contribution in [0.5, 0.6) is 0 Å². The second-order valence-electron chi connectivity index (χ2n) is 10.6. The van der Waals surface area contributed by atoms with Crippen LogP contribution in [-0.4, -0.2) is 67.4 Å². The Bertz CT molecular complexity index is 802. The number of carbonyl (C=O) groups excluding carboxylic acids is 2. The van der Waals surface area contributed by atoms with Crippen LogP contribution in [0.15, 0.2) is 30.3 Å². The number of hydrogen-bond acceptors (Lipinski definition) is 8. The van der Waals surface area contributed by atoms with Gasteiger partial charge < -0.3 is 23.7 Å². The molecule has 1 aromatic rings. The summed E-state index contributed by atoms with van der Waals surface area (Å²) in [4.78, 5) is 27.1. The van der Waals surface area contributed by atoms with E-state index in [9.17, 15) is 9.59 Å². The van der Waals surface area contributed by atoms with Crippen molar-refractivity contribution >= 4 is 11.9 Å². The molecule has 2 atom stereocenters. The number of esters is 2. The van der Waals surface area contributed by atoms with Gasteiger partial charge in [0.1, 0.15) is 24.7 Å². The maximum atomic E-state index is 12.9. The highest BCUT2D eigenvalue weighted by Crippen LogP contribution is 2.31. The molecule has 0 bridgehead atoms. The number of benzene rings is 1. The average molecular weight is 506 g/mol. The van der Waals surface area contributed by atoms with Gasteiger partial charge in [-0.25, -0.2) is 0 Å². The first kappa shape index (κ1) is 28.6. The second kappa shape index (κ2) is 14.1. The fraction of sp³-hybridized carbons (Fsp3) is 0.714. The third kappa shape index (κ3) is 9.14. The monoisotopic (exact) mass is 505 g/mol. The third-order valence-electron chi connectivity index (χ3n) is 6.53. The van der Waals surface area contributed by atoms with Gasteiger partial charge in [-0.05, 0) is 71.8 Å². The molecule has 0 aromatic heterocycles. The third-order valence-corrected chi connectivity index (χ3v) is 6.53. The molecule has 0 N–H and O–H groups in total. The molecular formula is C28H43NO7. The van der Waals surface area contributed by atoms with Crippen molar-refractivity contribution in [1.82, 2.24) is 4.90 Å². The van der Waals surface area contributed by atoms with Crippen LogP contribution in [0.3, 0.4) is 0 Å². The second-order valence-corrected chi connectivity index (χ2v) is 10.6. The molecular weight excluding hydrogens is 462 g/mol. The van der Waals surface area contributed by atoms with E-state index < -0.39 is 11.8 Å². The van der Waals surface area contributed by atoms with Gasteiger partial charge in [-0.3, -0.25) is 14.5 Å². The van der Waals surface area contributed by atoms with E-state index in [1.807, 2.05) is 58.0 Å². The Balaban J connectivity index is 1.57. The highest BCUT2D eigenvalue weighted by atomic mass is 16.7. The smallest absolute Gasteiger partial charge is 0.323 e. The lowest BCUT2D eigenvalue weighted by Crippen LogP contribution is -2.50. The van der Waals surface area contributed by atoms with Gasteiger partial charge in [0.15, 0.2) is 0 Å². The van der Waals surface area contributed by atoms with Crippen molar-refractivity contribution in [3.8, 4) is 0 Å². The quantitative estimate of drug-likeness (QED) is 0.234. The zero-order valence-corrected chi connectivity index (χ0v) is 22.3. The van der Waals surface area contributed by atoms with Crippen molar-refractivity contribution in [2.75, 3.05) is 26.6 Å². The maximum Gasteiger partial charge on any atom is 0.323 e. The Hall–Kier alpha value is -2.00. The van der Waals surface area contributed by atoms with Crippen LogP contribution in [0.2, 0.25) is 0 Å². The minimum absolute atomic E-state index is 0.00519. The molecule has 0 radical (unpaired) electrons. The summed E-state index contributed by atoms with van der Waals surface area (Å²) in [6.45, 7) is 9.50. The van der Waals surface area contributed by atoms with Crippen LogP contribution in [-0.2, 0) is 39.9 Å². The molecule has 2 aliphatic rings. The van der Waals surface area contributed by atoms with Crippen LogP contribution < -0.4 is 0 Å². The van der Waals surface area contributed by atoms with E-state index in [-0.39, 0.29) is 43.4 Å². The predicted molar refractivity (Wildman–Crippen MR) is 135 cm³/mol. The minimum Gasteiger partial charge on any atom is -0.466 e. The number of hydrogen-bond donors (Lipinski definition) is 0. The summed E-state index contributed by atoms with van der Waals surface area (Å²) in [7, 11) is 0. The van der Waals surface area contributed by atoms with Crippen molar-refractivity contribution in [2.24, 2.45) is 5.92 Å². The summed E-state index contributed by atoms with van der Waals surface area (Å²) in [6.07, 6.45) is 4.26. The SMILES string of the molecule is CCOC(=O)C1CCC(O[C@H](COCOCc2ccccc2)N2CCC[C@@H]2C(=O)OC(C)(C)C)CC1. The van der Waals surface area contributed by atoms with E-state index >= 15 is 0 Å². The van der Waals surface area contributed by atoms with Crippen LogP contribution in [0.1, 0.15) is 71.8 Å². The summed E-state index contributed by atoms with van der Waals surface area (Å²) in [5.41, 5.74) is 0.534. The summed E-state index contributed by atoms with van der Waals surface area (Å²) in [5.74, 6) is -0.400. The molecule has 36 heavy (non-hydrogen) atoms. The van der Waals surface area contributed by atoms with Crippen LogP contribution in [0.25, 0.3) is 0 Å². The van der Waals surface area contributed by atoms with Crippen LogP contribution in [0.4, 0.5) is 0 Å². The van der Waals surface area contributed by atoms with Crippen molar-refractivity contribution in [2.45, 2.75) is 96.8 Å². The van der Waals surface area contributed by atoms with Crippen LogP contribution in [0, 0.1) is 5.92 Å². The highest BCUT2D eigenvalue weighted by Gasteiger charge is 2.40. The predicted octanol–water partition coefficient (Wildman–Crippen LogP) is 4.45. The molecule has 0 unspecified atom stereocenters. The Morgan fingerprint density at radius 2 is 1.72 bits per heavy atom. The van der Waals surface area contributed by atoms with E-state index in [4.69, 9.17) is 23.7 Å². The Morgan fingerprint density at radius 1 is 1.00 bits per heavy atom. The molecule has 1 saturated carbocycles. The number of likely N-dealkylation sites (tertiary alicyclic amines) is 1. The highest BCUT2D eigenvalue weighted by molar-refractivity contribution is 5.76. The molecule has 1 aliphatic carbocycles. The van der Waals surface area contributed by atoms with Crippen molar-refractivity contribution in [3.63, 3.8) is 0 Å². The van der Waals surface area contributed by atoms with Gasteiger partial charge in [0.05, 0.1) is 31.8 Å². The molecule has 1 saturated heterocycles. The molecule has 0 spiro atoms. The summed E-state index contributed by atoms with van der Waals surface area (Å²) in [5, 5.41) is 0. The van der Waals surface area contributed by atoms with Gasteiger partial charge in [-0.2, -0.15) is 0 Å². The molecule has 202 valence electrons. The Labute approximate surface area is 215 Å². The standard InChI is InChI=1S/C28H43NO7/c1-5-34-26(30)22-13-15-23(16-14-22)35-25(19-33-20-32-18-21-10-7-6-8-11-21)29-17-9-12-24(29)27(31)36-28(2,3)4/h6-8,10-11,22-25H,5,9,12-20H2,1-4H3/t22?,23?,24-,25-/m1/s1. The van der Waals surface area contributed by atoms with Crippen molar-refractivity contribution in [3.05, 3.63) is 35.9 Å². The fourth-order valence-corrected chi connectivity index (χ4v) is 4.83. The van der Waals surface area contributed by atoms with Crippen molar-refractivity contribution < 1.29 is 33.3 Å². The molecule has 1 heterocycles. The van der Waals surface area contributed by atoms with Gasteiger partial charge in [0.25, 0.3) is 0 Å². The van der Waals surface area contributed by atoms with E-state index in [0.29, 0.717) is 13.2 Å². The molecule has 2 fully saturated rings. The zero-order chi connectivity index (χ0) is 26.0. The lowest BCUT2D eigenvalue weighted by Gasteiger charge is -2.37. The zero-order valence-electron chi connectivity index (χ0n) is 22.3. The number of carbonyl (C=O) groups is 2. The first-order chi connectivity index (χ1) is 17.3. The first-order valence-electron chi connectivity index (χ1n) is 13.3. The molecule has 1 aliphatic heterocycles. The van der Waals surface area contributed by atoms with Gasteiger partial charge in [0.2, 0.25) is 0 Å². The van der Waals surface area contributed by atoms with Gasteiger partial charge in [-0.15, -0.1) is 0 Å². The molecule has 3 rings (SSSR count). The van der Waals surface area contributed by atoms with Crippen molar-refractivity contribution in [1.29, 1.82) is 0 Å². The molecule has 0 amide bonds. The van der Waals surface area contributed by atoms with E-state index in [1.165, 1.54) is 0 Å². The molecule has 8 nitrogen and oxygen atoms in total. The number of rotatable bonds is 12. The summed E-state index contributed by atoms with van der Waals surface area (Å²) < 4.78 is 29.0. The first-order valence-corrected chi connectivity index (χ1v) is 13.3. The normalized spacial score (nSPS) is 23.8. The maximum absolute atomic E-state index is 12.9. The van der Waals surface area contributed by atoms with Gasteiger partial charge in [-0.1, -0.05) is 30.3 Å². The molecule has 8 heteroatoms. The lowest BCUT2D eigenvalue weighted by atomic mass is 9.87. The van der Waals surface area contributed by atoms with Crippen LogP contribution >= 0.6 is 0 Å². The van der Waals surface area contributed by atoms with E-state index in [1.54, 1.807) is 0 Å². The Kier molecular flexibility index (Phi) is 11.2. The average Bonchev–Trinajstić information content (AvgIpc) is 3.33. The Morgan fingerprint density at radius 3 is 2.39 bits per heavy atom. The largest absolute Gasteiger partial charge is 0.466 e. The molecule has 1 aromatic carbocycles. The lowest BCUT2D eigenvalue weighted by molar-refractivity contribution is -0.185. The van der Waals surface area contributed by atoms with Gasteiger partial charge >= 0.3 is 11.9 Å². The summed E-state index contributed by atoms with van der Waals surface area (Å²) in [6, 6.07) is 9.58. The van der Waals surface area contributed by atoms with E-state index in [2.05, 4.69) is 4.90 Å². The summed E-state index contributed by atoms with van der Waals surface area (Å²) >= 11 is 0. The minimum atomic E-state index is -0.547. The van der Waals surface area contributed by atoms with Gasteiger partial charge in [0, 0.05) is 6.54 Å².